The number of anilines is 1. The van der Waals surface area contributed by atoms with Crippen molar-refractivity contribution in [2.45, 2.75) is 0 Å². The molecule has 0 aliphatic carbocycles. The molecule has 0 aliphatic rings. The molecule has 1 aromatic heterocycles. The van der Waals surface area contributed by atoms with Gasteiger partial charge in [0, 0.05) is 25.8 Å². The van der Waals surface area contributed by atoms with Crippen LogP contribution in [-0.4, -0.2) is 21.2 Å². The fourth-order valence-electron chi connectivity index (χ4n) is 1.71. The zero-order valence-corrected chi connectivity index (χ0v) is 11.8. The van der Waals surface area contributed by atoms with E-state index in [1.165, 1.54) is 19.4 Å². The third-order valence-corrected chi connectivity index (χ3v) is 2.89. The number of benzene rings is 1. The molecule has 104 valence electrons. The van der Waals surface area contributed by atoms with Gasteiger partial charge < -0.3 is 14.1 Å². The Bertz CT molecular complexity index is 654. The third kappa shape index (κ3) is 3.29. The normalized spacial score (nSPS) is 10.8. The first-order valence-electron chi connectivity index (χ1n) is 6.22. The van der Waals surface area contributed by atoms with Crippen LogP contribution in [0.4, 0.5) is 5.69 Å². The second-order valence-electron chi connectivity index (χ2n) is 4.53. The van der Waals surface area contributed by atoms with Gasteiger partial charge in [-0.05, 0) is 23.8 Å². The molecule has 0 amide bonds. The average Bonchev–Trinajstić information content (AvgIpc) is 2.45. The smallest absolute Gasteiger partial charge is 0.227 e. The molecule has 0 saturated heterocycles. The maximum atomic E-state index is 11.6. The lowest BCUT2D eigenvalue weighted by Crippen LogP contribution is -2.07. The Hall–Kier alpha value is -2.49. The van der Waals surface area contributed by atoms with Gasteiger partial charge >= 0.3 is 0 Å². The van der Waals surface area contributed by atoms with E-state index in [0.717, 1.165) is 11.3 Å². The van der Waals surface area contributed by atoms with Gasteiger partial charge in [-0.2, -0.15) is 0 Å². The van der Waals surface area contributed by atoms with Gasteiger partial charge in [0.25, 0.3) is 0 Å². The minimum Gasteiger partial charge on any atom is -0.490 e. The van der Waals surface area contributed by atoms with Crippen LogP contribution in [0.2, 0.25) is 0 Å². The number of nitrogens with zero attached hydrogens (tertiary/aromatic N) is 1. The number of hydrogen-bond acceptors (Lipinski definition) is 4. The van der Waals surface area contributed by atoms with Gasteiger partial charge in [0.15, 0.2) is 0 Å². The second-order valence-corrected chi connectivity index (χ2v) is 4.53. The minimum absolute atomic E-state index is 0.193. The first-order valence-corrected chi connectivity index (χ1v) is 6.22. The van der Waals surface area contributed by atoms with E-state index in [0.29, 0.717) is 5.76 Å². The third-order valence-electron chi connectivity index (χ3n) is 2.89. The molecule has 0 fully saturated rings. The Morgan fingerprint density at radius 1 is 1.15 bits per heavy atom. The van der Waals surface area contributed by atoms with Crippen molar-refractivity contribution < 1.29 is 9.15 Å². The van der Waals surface area contributed by atoms with Gasteiger partial charge in [0.05, 0.1) is 7.11 Å². The molecule has 1 heterocycles. The van der Waals surface area contributed by atoms with Crippen LogP contribution in [0, 0.1) is 0 Å². The molecule has 2 rings (SSSR count). The molecule has 4 nitrogen and oxygen atoms in total. The maximum Gasteiger partial charge on any atom is 0.227 e. The summed E-state index contributed by atoms with van der Waals surface area (Å²) in [6, 6.07) is 9.48. The van der Waals surface area contributed by atoms with Crippen molar-refractivity contribution in [3.63, 3.8) is 0 Å². The molecule has 0 aliphatic heterocycles. The molecule has 2 aromatic rings. The van der Waals surface area contributed by atoms with E-state index in [2.05, 4.69) is 0 Å². The van der Waals surface area contributed by atoms with Crippen molar-refractivity contribution in [2.24, 2.45) is 0 Å². The van der Waals surface area contributed by atoms with Crippen LogP contribution >= 0.6 is 0 Å². The molecule has 4 heteroatoms. The first-order chi connectivity index (χ1) is 9.60. The minimum atomic E-state index is -0.193. The van der Waals surface area contributed by atoms with Crippen LogP contribution in [0.3, 0.4) is 0 Å². The molecule has 0 spiro atoms. The summed E-state index contributed by atoms with van der Waals surface area (Å²) in [4.78, 5) is 13.6. The summed E-state index contributed by atoms with van der Waals surface area (Å²) in [6.07, 6.45) is 4.97. The van der Waals surface area contributed by atoms with Gasteiger partial charge in [-0.15, -0.1) is 0 Å². The summed E-state index contributed by atoms with van der Waals surface area (Å²) in [5.41, 5.74) is 1.98. The fourth-order valence-corrected chi connectivity index (χ4v) is 1.71. The quantitative estimate of drug-likeness (QED) is 0.857. The first kappa shape index (κ1) is 13.9. The molecule has 0 radical (unpaired) electrons. The van der Waals surface area contributed by atoms with E-state index in [1.807, 2.05) is 49.3 Å². The van der Waals surface area contributed by atoms with Crippen LogP contribution in [0.1, 0.15) is 11.3 Å². The molecular formula is C16H17NO3. The molecule has 0 saturated carbocycles. The predicted octanol–water partition coefficient (Wildman–Crippen LogP) is 2.88. The van der Waals surface area contributed by atoms with Crippen molar-refractivity contribution >= 4 is 17.8 Å². The Morgan fingerprint density at radius 3 is 2.40 bits per heavy atom. The van der Waals surface area contributed by atoms with E-state index in [4.69, 9.17) is 9.15 Å². The van der Waals surface area contributed by atoms with Crippen LogP contribution in [0.25, 0.3) is 12.2 Å². The number of rotatable bonds is 4. The molecular weight excluding hydrogens is 254 g/mol. The fraction of sp³-hybridized carbons (Fsp3) is 0.188. The lowest BCUT2D eigenvalue weighted by atomic mass is 10.2. The predicted molar refractivity (Wildman–Crippen MR) is 81.2 cm³/mol. The molecule has 20 heavy (non-hydrogen) atoms. The standard InChI is InChI=1S/C16H17NO3/c1-17(2)13-7-4-12(5-8-13)6-9-14-10-15(18)16(19-3)11-20-14/h4-11H,1-3H3/b9-6+. The summed E-state index contributed by atoms with van der Waals surface area (Å²) < 4.78 is 10.2. The summed E-state index contributed by atoms with van der Waals surface area (Å²) in [5.74, 6) is 0.699. The monoisotopic (exact) mass is 271 g/mol. The zero-order valence-electron chi connectivity index (χ0n) is 11.8. The van der Waals surface area contributed by atoms with Crippen LogP contribution in [0.15, 0.2) is 45.8 Å². The van der Waals surface area contributed by atoms with Gasteiger partial charge in [0.2, 0.25) is 11.2 Å². The molecule has 0 bridgehead atoms. The van der Waals surface area contributed by atoms with E-state index < -0.39 is 0 Å². The largest absolute Gasteiger partial charge is 0.490 e. The number of methoxy groups -OCH3 is 1. The van der Waals surface area contributed by atoms with Gasteiger partial charge in [-0.3, -0.25) is 4.79 Å². The van der Waals surface area contributed by atoms with Gasteiger partial charge in [-0.1, -0.05) is 18.2 Å². The number of hydrogen-bond donors (Lipinski definition) is 0. The van der Waals surface area contributed by atoms with E-state index in [1.54, 1.807) is 6.08 Å². The Kier molecular flexibility index (Phi) is 4.25. The van der Waals surface area contributed by atoms with Crippen LogP contribution in [-0.2, 0) is 0 Å². The highest BCUT2D eigenvalue weighted by Gasteiger charge is 2.00. The van der Waals surface area contributed by atoms with Crippen molar-refractivity contribution in [1.29, 1.82) is 0 Å². The molecule has 0 unspecified atom stereocenters. The number of ether oxygens (including phenoxy) is 1. The lowest BCUT2D eigenvalue weighted by molar-refractivity contribution is 0.385. The lowest BCUT2D eigenvalue weighted by Gasteiger charge is -2.11. The topological polar surface area (TPSA) is 42.7 Å². The molecule has 0 N–H and O–H groups in total. The SMILES string of the molecule is COc1coc(/C=C/c2ccc(N(C)C)cc2)cc1=O. The van der Waals surface area contributed by atoms with E-state index in [9.17, 15) is 4.79 Å². The summed E-state index contributed by atoms with van der Waals surface area (Å²) in [5, 5.41) is 0. The maximum absolute atomic E-state index is 11.6. The van der Waals surface area contributed by atoms with E-state index >= 15 is 0 Å². The van der Waals surface area contributed by atoms with Crippen molar-refractivity contribution in [3.05, 3.63) is 58.1 Å². The van der Waals surface area contributed by atoms with E-state index in [-0.39, 0.29) is 11.2 Å². The molecule has 1 aromatic carbocycles. The summed E-state index contributed by atoms with van der Waals surface area (Å²) >= 11 is 0. The highest BCUT2D eigenvalue weighted by molar-refractivity contribution is 5.68. The van der Waals surface area contributed by atoms with Gasteiger partial charge in [0.1, 0.15) is 12.0 Å². The highest BCUT2D eigenvalue weighted by Crippen LogP contribution is 2.14. The molecule has 0 atom stereocenters. The highest BCUT2D eigenvalue weighted by atomic mass is 16.5. The average molecular weight is 271 g/mol. The summed E-state index contributed by atoms with van der Waals surface area (Å²) in [6.45, 7) is 0. The van der Waals surface area contributed by atoms with Crippen LogP contribution < -0.4 is 15.1 Å². The van der Waals surface area contributed by atoms with Gasteiger partial charge in [-0.25, -0.2) is 0 Å². The van der Waals surface area contributed by atoms with Crippen molar-refractivity contribution in [3.8, 4) is 5.75 Å². The Morgan fingerprint density at radius 2 is 1.85 bits per heavy atom. The Labute approximate surface area is 117 Å². The van der Waals surface area contributed by atoms with Crippen LogP contribution in [0.5, 0.6) is 5.75 Å². The van der Waals surface area contributed by atoms with Crippen molar-refractivity contribution in [1.82, 2.24) is 0 Å². The summed E-state index contributed by atoms with van der Waals surface area (Å²) in [7, 11) is 5.43. The van der Waals surface area contributed by atoms with Crippen molar-refractivity contribution in [2.75, 3.05) is 26.1 Å². The zero-order chi connectivity index (χ0) is 14.5. The second kappa shape index (κ2) is 6.10. The Balaban J connectivity index is 2.16.